The second-order valence-electron chi connectivity index (χ2n) is 4.53. The Morgan fingerprint density at radius 2 is 2.33 bits per heavy atom. The summed E-state index contributed by atoms with van der Waals surface area (Å²) in [6.45, 7) is 7.71. The number of esters is 1. The van der Waals surface area contributed by atoms with Crippen LogP contribution in [-0.4, -0.2) is 23.5 Å². The molecule has 1 N–H and O–H groups in total. The highest BCUT2D eigenvalue weighted by atomic mass is 32.2. The number of rotatable bonds is 2. The molecule has 1 aliphatic rings. The molecule has 0 aromatic heterocycles. The van der Waals surface area contributed by atoms with E-state index in [0.717, 1.165) is 17.9 Å². The molecule has 0 radical (unpaired) electrons. The van der Waals surface area contributed by atoms with Crippen LogP contribution in [0.5, 0.6) is 0 Å². The molecule has 1 aliphatic heterocycles. The first-order valence-corrected chi connectivity index (χ1v) is 6.25. The fraction of sp³-hybridized carbons (Fsp3) is 0.727. The van der Waals surface area contributed by atoms with Gasteiger partial charge in [-0.25, -0.2) is 4.79 Å². The average Bonchev–Trinajstić information content (AvgIpc) is 2.15. The smallest absolute Gasteiger partial charge is 0.328 e. The molecule has 1 unspecified atom stereocenters. The molecule has 0 aromatic carbocycles. The van der Waals surface area contributed by atoms with E-state index in [9.17, 15) is 4.79 Å². The van der Waals surface area contributed by atoms with Gasteiger partial charge in [0.05, 0.1) is 0 Å². The first kappa shape index (κ1) is 12.6. The molecular weight excluding hydrogens is 210 g/mol. The van der Waals surface area contributed by atoms with Crippen LogP contribution in [0.1, 0.15) is 34.1 Å². The van der Waals surface area contributed by atoms with E-state index in [2.05, 4.69) is 17.6 Å². The third kappa shape index (κ3) is 3.87. The van der Waals surface area contributed by atoms with Gasteiger partial charge in [0.15, 0.2) is 0 Å². The molecule has 0 aliphatic carbocycles. The molecule has 86 valence electrons. The monoisotopic (exact) mass is 229 g/mol. The Balaban J connectivity index is 2.66. The zero-order valence-corrected chi connectivity index (χ0v) is 10.6. The van der Waals surface area contributed by atoms with Crippen molar-refractivity contribution < 1.29 is 9.53 Å². The molecule has 1 atom stereocenters. The molecule has 0 saturated heterocycles. The molecule has 0 aromatic rings. The Labute approximate surface area is 95.6 Å². The highest BCUT2D eigenvalue weighted by Gasteiger charge is 2.28. The number of carbonyl (C=O) groups excluding carboxylic acids is 1. The SMILES string of the molecule is CCC1=CSCNC1C(=O)OC(C)(C)C. The Bertz CT molecular complexity index is 268. The lowest BCUT2D eigenvalue weighted by molar-refractivity contribution is -0.156. The highest BCUT2D eigenvalue weighted by Crippen LogP contribution is 2.21. The number of nitrogens with one attached hydrogen (secondary N) is 1. The summed E-state index contributed by atoms with van der Waals surface area (Å²) in [4.78, 5) is 11.8. The van der Waals surface area contributed by atoms with Gasteiger partial charge in [0, 0.05) is 5.88 Å². The minimum atomic E-state index is -0.414. The quantitative estimate of drug-likeness (QED) is 0.737. The lowest BCUT2D eigenvalue weighted by Crippen LogP contribution is -2.43. The normalized spacial score (nSPS) is 22.1. The summed E-state index contributed by atoms with van der Waals surface area (Å²) >= 11 is 1.69. The van der Waals surface area contributed by atoms with Gasteiger partial charge in [0.2, 0.25) is 0 Å². The first-order chi connectivity index (χ1) is 6.94. The van der Waals surface area contributed by atoms with Crippen molar-refractivity contribution in [3.8, 4) is 0 Å². The van der Waals surface area contributed by atoms with Crippen molar-refractivity contribution in [1.82, 2.24) is 5.32 Å². The Morgan fingerprint density at radius 3 is 2.87 bits per heavy atom. The lowest BCUT2D eigenvalue weighted by atomic mass is 10.1. The standard InChI is InChI=1S/C11H19NO2S/c1-5-8-6-15-7-12-9(8)10(13)14-11(2,3)4/h6,9,12H,5,7H2,1-4H3. The van der Waals surface area contributed by atoms with Crippen LogP contribution in [0.25, 0.3) is 0 Å². The summed E-state index contributed by atoms with van der Waals surface area (Å²) in [6, 6.07) is -0.254. The fourth-order valence-corrected chi connectivity index (χ4v) is 2.23. The number of hydrogen-bond acceptors (Lipinski definition) is 4. The number of hydrogen-bond donors (Lipinski definition) is 1. The molecule has 0 saturated carbocycles. The van der Waals surface area contributed by atoms with E-state index in [1.165, 1.54) is 0 Å². The summed E-state index contributed by atoms with van der Waals surface area (Å²) in [5.74, 6) is 0.601. The van der Waals surface area contributed by atoms with E-state index in [1.54, 1.807) is 11.8 Å². The third-order valence-electron chi connectivity index (χ3n) is 2.03. The van der Waals surface area contributed by atoms with Crippen molar-refractivity contribution >= 4 is 17.7 Å². The van der Waals surface area contributed by atoms with E-state index >= 15 is 0 Å². The largest absolute Gasteiger partial charge is 0.459 e. The molecule has 3 nitrogen and oxygen atoms in total. The van der Waals surface area contributed by atoms with Crippen molar-refractivity contribution in [2.45, 2.75) is 45.8 Å². The third-order valence-corrected chi connectivity index (χ3v) is 2.83. The van der Waals surface area contributed by atoms with Gasteiger partial charge in [-0.2, -0.15) is 0 Å². The summed E-state index contributed by atoms with van der Waals surface area (Å²) in [6.07, 6.45) is 0.879. The summed E-state index contributed by atoms with van der Waals surface area (Å²) < 4.78 is 5.36. The van der Waals surface area contributed by atoms with Gasteiger partial charge >= 0.3 is 5.97 Å². The lowest BCUT2D eigenvalue weighted by Gasteiger charge is -2.27. The number of thioether (sulfide) groups is 1. The predicted octanol–water partition coefficient (Wildman–Crippen LogP) is 2.28. The van der Waals surface area contributed by atoms with Crippen molar-refractivity contribution in [2.24, 2.45) is 0 Å². The second kappa shape index (κ2) is 5.03. The van der Waals surface area contributed by atoms with Crippen molar-refractivity contribution in [2.75, 3.05) is 5.88 Å². The van der Waals surface area contributed by atoms with Gasteiger partial charge in [-0.15, -0.1) is 11.8 Å². The fourth-order valence-electron chi connectivity index (χ4n) is 1.36. The van der Waals surface area contributed by atoms with E-state index in [-0.39, 0.29) is 12.0 Å². The van der Waals surface area contributed by atoms with Crippen LogP contribution in [0.4, 0.5) is 0 Å². The maximum absolute atomic E-state index is 11.8. The molecule has 15 heavy (non-hydrogen) atoms. The van der Waals surface area contributed by atoms with E-state index in [1.807, 2.05) is 20.8 Å². The van der Waals surface area contributed by atoms with E-state index in [4.69, 9.17) is 4.74 Å². The van der Waals surface area contributed by atoms with Crippen LogP contribution in [0.2, 0.25) is 0 Å². The molecule has 0 amide bonds. The molecule has 4 heteroatoms. The van der Waals surface area contributed by atoms with Crippen LogP contribution in [0, 0.1) is 0 Å². The van der Waals surface area contributed by atoms with Gasteiger partial charge in [0.1, 0.15) is 11.6 Å². The van der Waals surface area contributed by atoms with Crippen molar-refractivity contribution in [3.05, 3.63) is 11.0 Å². The van der Waals surface area contributed by atoms with Gasteiger partial charge < -0.3 is 4.74 Å². The zero-order chi connectivity index (χ0) is 11.5. The van der Waals surface area contributed by atoms with E-state index in [0.29, 0.717) is 0 Å². The Hall–Kier alpha value is -0.480. The Kier molecular flexibility index (Phi) is 4.22. The van der Waals surface area contributed by atoms with Crippen LogP contribution in [0.15, 0.2) is 11.0 Å². The second-order valence-corrected chi connectivity index (χ2v) is 5.39. The average molecular weight is 229 g/mol. The van der Waals surface area contributed by atoms with Crippen LogP contribution < -0.4 is 5.32 Å². The topological polar surface area (TPSA) is 38.3 Å². The molecule has 1 heterocycles. The first-order valence-electron chi connectivity index (χ1n) is 5.21. The number of carbonyl (C=O) groups is 1. The summed E-state index contributed by atoms with van der Waals surface area (Å²) in [5, 5.41) is 5.22. The maximum Gasteiger partial charge on any atom is 0.328 e. The number of ether oxygens (including phenoxy) is 1. The molecule has 0 spiro atoms. The minimum Gasteiger partial charge on any atom is -0.459 e. The van der Waals surface area contributed by atoms with Crippen LogP contribution in [0.3, 0.4) is 0 Å². The van der Waals surface area contributed by atoms with Gasteiger partial charge in [-0.05, 0) is 38.2 Å². The minimum absolute atomic E-state index is 0.170. The maximum atomic E-state index is 11.8. The predicted molar refractivity (Wildman–Crippen MR) is 63.6 cm³/mol. The Morgan fingerprint density at radius 1 is 1.67 bits per heavy atom. The van der Waals surface area contributed by atoms with Crippen molar-refractivity contribution in [1.29, 1.82) is 0 Å². The molecular formula is C11H19NO2S. The summed E-state index contributed by atoms with van der Waals surface area (Å²) in [7, 11) is 0. The van der Waals surface area contributed by atoms with Crippen LogP contribution >= 0.6 is 11.8 Å². The van der Waals surface area contributed by atoms with Gasteiger partial charge in [-0.3, -0.25) is 5.32 Å². The molecule has 0 bridgehead atoms. The molecule has 1 rings (SSSR count). The van der Waals surface area contributed by atoms with Crippen LogP contribution in [-0.2, 0) is 9.53 Å². The zero-order valence-electron chi connectivity index (χ0n) is 9.79. The van der Waals surface area contributed by atoms with E-state index < -0.39 is 5.60 Å². The van der Waals surface area contributed by atoms with Crippen molar-refractivity contribution in [3.63, 3.8) is 0 Å². The van der Waals surface area contributed by atoms with Gasteiger partial charge in [0.25, 0.3) is 0 Å². The van der Waals surface area contributed by atoms with Gasteiger partial charge in [-0.1, -0.05) is 6.92 Å². The highest BCUT2D eigenvalue weighted by molar-refractivity contribution is 8.02. The molecule has 0 fully saturated rings. The summed E-state index contributed by atoms with van der Waals surface area (Å²) in [5.41, 5.74) is 0.697.